The molecule has 0 radical (unpaired) electrons. The van der Waals surface area contributed by atoms with Crippen molar-refractivity contribution in [1.29, 1.82) is 0 Å². The molecule has 0 aliphatic carbocycles. The molecule has 1 fully saturated rings. The Kier molecular flexibility index (Phi) is 5.24. The number of ketones is 1. The number of nitrogens with one attached hydrogen (secondary N) is 2. The summed E-state index contributed by atoms with van der Waals surface area (Å²) in [6, 6.07) is 9.47. The Bertz CT molecular complexity index is 900. The third-order valence-corrected chi connectivity index (χ3v) is 5.18. The van der Waals surface area contributed by atoms with Crippen molar-refractivity contribution in [2.75, 3.05) is 0 Å². The molecule has 1 aliphatic rings. The predicted octanol–water partition coefficient (Wildman–Crippen LogP) is 3.86. The molecule has 3 N–H and O–H groups in total. The quantitative estimate of drug-likeness (QED) is 0.613. The van der Waals surface area contributed by atoms with Gasteiger partial charge in [-0.2, -0.15) is 13.2 Å². The van der Waals surface area contributed by atoms with Gasteiger partial charge in [0.15, 0.2) is 5.78 Å². The molecule has 0 bridgehead atoms. The lowest BCUT2D eigenvalue weighted by molar-refractivity contribution is -0.287. The third kappa shape index (κ3) is 3.64. The highest BCUT2D eigenvalue weighted by atomic mass is 79.9. The SMILES string of the molecule is Cc1ccc([C@@H]2NC(=O)N[C@](O)(C(F)(F)F)[C@@H]2C(=O)c2ccc(Br)cc2)cc1. The number of hydrogen-bond acceptors (Lipinski definition) is 3. The van der Waals surface area contributed by atoms with E-state index < -0.39 is 35.7 Å². The van der Waals surface area contributed by atoms with E-state index in [4.69, 9.17) is 0 Å². The second kappa shape index (κ2) is 7.21. The summed E-state index contributed by atoms with van der Waals surface area (Å²) < 4.78 is 42.0. The fourth-order valence-electron chi connectivity index (χ4n) is 3.18. The topological polar surface area (TPSA) is 78.4 Å². The van der Waals surface area contributed by atoms with Crippen molar-refractivity contribution in [1.82, 2.24) is 10.6 Å². The highest BCUT2D eigenvalue weighted by molar-refractivity contribution is 9.10. The summed E-state index contributed by atoms with van der Waals surface area (Å²) in [6.07, 6.45) is -5.27. The highest BCUT2D eigenvalue weighted by Crippen LogP contribution is 2.44. The molecule has 2 amide bonds. The summed E-state index contributed by atoms with van der Waals surface area (Å²) in [5.41, 5.74) is -2.62. The first-order valence-corrected chi connectivity index (χ1v) is 9.06. The number of rotatable bonds is 3. The van der Waals surface area contributed by atoms with Crippen LogP contribution < -0.4 is 10.6 Å². The average molecular weight is 457 g/mol. The van der Waals surface area contributed by atoms with Gasteiger partial charge in [-0.1, -0.05) is 57.9 Å². The van der Waals surface area contributed by atoms with Gasteiger partial charge < -0.3 is 15.7 Å². The first-order chi connectivity index (χ1) is 13.0. The van der Waals surface area contributed by atoms with Gasteiger partial charge in [0, 0.05) is 10.0 Å². The molecule has 2 aromatic carbocycles. The summed E-state index contributed by atoms with van der Waals surface area (Å²) in [5.74, 6) is -2.99. The van der Waals surface area contributed by atoms with Crippen LogP contribution in [-0.4, -0.2) is 28.8 Å². The molecule has 1 aliphatic heterocycles. The van der Waals surface area contributed by atoms with E-state index in [2.05, 4.69) is 21.2 Å². The molecule has 0 aromatic heterocycles. The zero-order valence-electron chi connectivity index (χ0n) is 14.5. The second-order valence-corrected chi connectivity index (χ2v) is 7.52. The first kappa shape index (κ1) is 20.3. The van der Waals surface area contributed by atoms with Gasteiger partial charge in [-0.05, 0) is 24.6 Å². The first-order valence-electron chi connectivity index (χ1n) is 8.27. The van der Waals surface area contributed by atoms with E-state index in [-0.39, 0.29) is 11.1 Å². The zero-order chi connectivity index (χ0) is 20.7. The molecule has 0 spiro atoms. The number of urea groups is 1. The van der Waals surface area contributed by atoms with E-state index in [1.807, 2.05) is 0 Å². The minimum atomic E-state index is -5.27. The van der Waals surface area contributed by atoms with Crippen LogP contribution in [-0.2, 0) is 0 Å². The van der Waals surface area contributed by atoms with Gasteiger partial charge in [-0.15, -0.1) is 0 Å². The van der Waals surface area contributed by atoms with Crippen LogP contribution in [0.1, 0.15) is 27.5 Å². The summed E-state index contributed by atoms with van der Waals surface area (Å²) >= 11 is 3.20. The lowest BCUT2D eigenvalue weighted by Gasteiger charge is -2.45. The van der Waals surface area contributed by atoms with E-state index in [1.54, 1.807) is 19.1 Å². The van der Waals surface area contributed by atoms with Crippen LogP contribution in [0.5, 0.6) is 0 Å². The van der Waals surface area contributed by atoms with Crippen molar-refractivity contribution in [2.45, 2.75) is 24.9 Å². The van der Waals surface area contributed by atoms with Crippen molar-refractivity contribution >= 4 is 27.7 Å². The van der Waals surface area contributed by atoms with Crippen molar-refractivity contribution in [2.24, 2.45) is 5.92 Å². The fourth-order valence-corrected chi connectivity index (χ4v) is 3.45. The van der Waals surface area contributed by atoms with E-state index in [9.17, 15) is 27.9 Å². The van der Waals surface area contributed by atoms with E-state index in [0.717, 1.165) is 5.56 Å². The lowest BCUT2D eigenvalue weighted by atomic mass is 9.77. The minimum Gasteiger partial charge on any atom is -0.363 e. The molecule has 0 unspecified atom stereocenters. The molecule has 1 heterocycles. The van der Waals surface area contributed by atoms with Gasteiger partial charge in [0.1, 0.15) is 5.92 Å². The number of halogens is 4. The Hall–Kier alpha value is -2.39. The molecule has 2 aromatic rings. The maximum absolute atomic E-state index is 13.8. The highest BCUT2D eigenvalue weighted by Gasteiger charge is 2.66. The molecule has 28 heavy (non-hydrogen) atoms. The van der Waals surface area contributed by atoms with Crippen LogP contribution in [0.3, 0.4) is 0 Å². The van der Waals surface area contributed by atoms with Crippen LogP contribution in [0.2, 0.25) is 0 Å². The number of carbonyl (C=O) groups is 2. The van der Waals surface area contributed by atoms with Crippen molar-refractivity contribution in [3.05, 3.63) is 69.7 Å². The number of Topliss-reactive ketones (excluding diaryl/α,β-unsaturated/α-hetero) is 1. The molecule has 9 heteroatoms. The molecule has 0 saturated carbocycles. The lowest BCUT2D eigenvalue weighted by Crippen LogP contribution is -2.72. The fraction of sp³-hybridized carbons (Fsp3) is 0.263. The predicted molar refractivity (Wildman–Crippen MR) is 98.6 cm³/mol. The normalized spacial score (nSPS) is 25.0. The molecular weight excluding hydrogens is 441 g/mol. The Labute approximate surface area is 167 Å². The average Bonchev–Trinajstić information content (AvgIpc) is 2.61. The number of carbonyl (C=O) groups excluding carboxylic acids is 2. The molecule has 3 rings (SSSR count). The van der Waals surface area contributed by atoms with Gasteiger partial charge in [0.25, 0.3) is 0 Å². The Balaban J connectivity index is 2.15. The minimum absolute atomic E-state index is 0.0223. The molecule has 3 atom stereocenters. The smallest absolute Gasteiger partial charge is 0.363 e. The van der Waals surface area contributed by atoms with Gasteiger partial charge in [-0.3, -0.25) is 4.79 Å². The summed E-state index contributed by atoms with van der Waals surface area (Å²) in [5, 5.41) is 14.3. The van der Waals surface area contributed by atoms with Gasteiger partial charge in [-0.25, -0.2) is 4.79 Å². The summed E-state index contributed by atoms with van der Waals surface area (Å²) in [4.78, 5) is 25.0. The van der Waals surface area contributed by atoms with Crippen LogP contribution in [0.25, 0.3) is 0 Å². The summed E-state index contributed by atoms with van der Waals surface area (Å²) in [7, 11) is 0. The number of hydrogen-bond donors (Lipinski definition) is 3. The van der Waals surface area contributed by atoms with Crippen molar-refractivity contribution < 1.29 is 27.9 Å². The van der Waals surface area contributed by atoms with Crippen LogP contribution >= 0.6 is 15.9 Å². The van der Waals surface area contributed by atoms with Gasteiger partial charge in [0.05, 0.1) is 6.04 Å². The number of aliphatic hydroxyl groups is 1. The standard InChI is InChI=1S/C19H16BrF3N2O3/c1-10-2-4-11(5-3-10)15-14(16(26)12-6-8-13(20)9-7-12)18(28,19(21,22)23)25-17(27)24-15/h2-9,14-15,28H,1H3,(H2,24,25,27)/t14-,15-,18+/m0/s1. The Morgan fingerprint density at radius 3 is 2.21 bits per heavy atom. The number of amides is 2. The van der Waals surface area contributed by atoms with Crippen LogP contribution in [0.15, 0.2) is 53.0 Å². The monoisotopic (exact) mass is 456 g/mol. The molecule has 148 valence electrons. The number of aryl methyl sites for hydroxylation is 1. The Morgan fingerprint density at radius 1 is 1.11 bits per heavy atom. The molecule has 5 nitrogen and oxygen atoms in total. The zero-order valence-corrected chi connectivity index (χ0v) is 16.1. The second-order valence-electron chi connectivity index (χ2n) is 6.60. The maximum Gasteiger partial charge on any atom is 0.437 e. The van der Waals surface area contributed by atoms with Crippen molar-refractivity contribution in [3.63, 3.8) is 0 Å². The van der Waals surface area contributed by atoms with Crippen molar-refractivity contribution in [3.8, 4) is 0 Å². The molecule has 1 saturated heterocycles. The van der Waals surface area contributed by atoms with Crippen LogP contribution in [0.4, 0.5) is 18.0 Å². The third-order valence-electron chi connectivity index (χ3n) is 4.65. The van der Waals surface area contributed by atoms with Gasteiger partial charge in [0.2, 0.25) is 5.72 Å². The van der Waals surface area contributed by atoms with E-state index in [0.29, 0.717) is 4.47 Å². The Morgan fingerprint density at radius 2 is 1.68 bits per heavy atom. The molecular formula is C19H16BrF3N2O3. The number of alkyl halides is 3. The largest absolute Gasteiger partial charge is 0.437 e. The van der Waals surface area contributed by atoms with E-state index >= 15 is 0 Å². The van der Waals surface area contributed by atoms with Crippen LogP contribution in [0, 0.1) is 12.8 Å². The maximum atomic E-state index is 13.8. The van der Waals surface area contributed by atoms with E-state index in [1.165, 1.54) is 41.7 Å². The van der Waals surface area contributed by atoms with Gasteiger partial charge >= 0.3 is 12.2 Å². The number of benzene rings is 2. The summed E-state index contributed by atoms with van der Waals surface area (Å²) in [6.45, 7) is 1.79.